The molecule has 6 nitrogen and oxygen atoms in total. The number of anilines is 3. The monoisotopic (exact) mass is 557 g/mol. The summed E-state index contributed by atoms with van der Waals surface area (Å²) >= 11 is 6.61. The summed E-state index contributed by atoms with van der Waals surface area (Å²) in [5, 5.41) is 2.23. The zero-order chi connectivity index (χ0) is 27.4. The van der Waals surface area contributed by atoms with Gasteiger partial charge in [-0.1, -0.05) is 48.2 Å². The number of carbonyl (C=O) groups is 2. The van der Waals surface area contributed by atoms with E-state index in [0.29, 0.717) is 26.2 Å². The highest BCUT2D eigenvalue weighted by Gasteiger charge is 2.34. The minimum atomic E-state index is -4.60. The first kappa shape index (κ1) is 27.2. The van der Waals surface area contributed by atoms with Gasteiger partial charge >= 0.3 is 6.18 Å². The number of ether oxygens (including phenoxy) is 1. The summed E-state index contributed by atoms with van der Waals surface area (Å²) in [5.41, 5.74) is 0.998. The molecule has 1 heterocycles. The third-order valence-electron chi connectivity index (χ3n) is 5.45. The Morgan fingerprint density at radius 2 is 1.79 bits per heavy atom. The molecule has 0 atom stereocenters. The molecule has 1 saturated heterocycles. The summed E-state index contributed by atoms with van der Waals surface area (Å²) < 4.78 is 45.3. The molecule has 0 bridgehead atoms. The number of halogens is 3. The van der Waals surface area contributed by atoms with Crippen LogP contribution in [0.5, 0.6) is 5.75 Å². The van der Waals surface area contributed by atoms with Crippen LogP contribution in [0.25, 0.3) is 6.08 Å². The first-order valence-electron chi connectivity index (χ1n) is 11.3. The molecule has 0 saturated carbocycles. The number of thiocarbonyl (C=S) groups is 1. The molecule has 1 fully saturated rings. The van der Waals surface area contributed by atoms with Gasteiger partial charge in [-0.05, 0) is 60.2 Å². The zero-order valence-corrected chi connectivity index (χ0v) is 21.9. The van der Waals surface area contributed by atoms with E-state index in [9.17, 15) is 22.8 Å². The fourth-order valence-corrected chi connectivity index (χ4v) is 4.91. The molecule has 1 N–H and O–H groups in total. The van der Waals surface area contributed by atoms with Gasteiger partial charge in [-0.3, -0.25) is 14.5 Å². The van der Waals surface area contributed by atoms with E-state index in [2.05, 4.69) is 5.32 Å². The second-order valence-electron chi connectivity index (χ2n) is 8.38. The molecule has 0 unspecified atom stereocenters. The molecular weight excluding hydrogens is 535 g/mol. The Hall–Kier alpha value is -3.83. The molecule has 1 aliphatic rings. The first-order valence-corrected chi connectivity index (χ1v) is 12.5. The summed E-state index contributed by atoms with van der Waals surface area (Å²) in [4.78, 5) is 29.2. The van der Waals surface area contributed by atoms with Crippen LogP contribution in [0, 0.1) is 0 Å². The maximum absolute atomic E-state index is 13.2. The van der Waals surface area contributed by atoms with Gasteiger partial charge in [0.1, 0.15) is 5.75 Å². The van der Waals surface area contributed by atoms with Gasteiger partial charge in [0.15, 0.2) is 10.9 Å². The fourth-order valence-electron chi connectivity index (χ4n) is 3.61. The molecule has 3 aromatic carbocycles. The van der Waals surface area contributed by atoms with Crippen molar-refractivity contribution in [2.24, 2.45) is 0 Å². The maximum atomic E-state index is 13.2. The van der Waals surface area contributed by atoms with Crippen LogP contribution in [0.2, 0.25) is 0 Å². The van der Waals surface area contributed by atoms with Gasteiger partial charge in [-0.2, -0.15) is 13.2 Å². The van der Waals surface area contributed by atoms with Crippen LogP contribution in [-0.2, 0) is 15.8 Å². The van der Waals surface area contributed by atoms with Crippen LogP contribution < -0.4 is 19.9 Å². The summed E-state index contributed by atoms with van der Waals surface area (Å²) in [5.74, 6) is -0.687. The van der Waals surface area contributed by atoms with Crippen molar-refractivity contribution in [3.05, 3.63) is 88.8 Å². The van der Waals surface area contributed by atoms with E-state index in [1.165, 1.54) is 34.9 Å². The lowest BCUT2D eigenvalue weighted by Gasteiger charge is -2.17. The van der Waals surface area contributed by atoms with Crippen LogP contribution in [0.3, 0.4) is 0 Å². The number of carbonyl (C=O) groups excluding carboxylic acids is 2. The maximum Gasteiger partial charge on any atom is 0.418 e. The predicted molar refractivity (Wildman–Crippen MR) is 148 cm³/mol. The van der Waals surface area contributed by atoms with Gasteiger partial charge in [-0.15, -0.1) is 0 Å². The second kappa shape index (κ2) is 11.3. The van der Waals surface area contributed by atoms with Crippen LogP contribution in [0.1, 0.15) is 11.1 Å². The number of amides is 2. The standard InChI is InChI=1S/C27H22F3N3O3S2/c1-32(2)18-10-12-19(13-11-18)33-25(35)23(38-26(33)37)15-17-6-5-7-20(14-17)36-16-24(34)31-22-9-4-3-8-21(22)27(28,29)30/h3-15H,16H2,1-2H3,(H,31,34)/b23-15-. The number of para-hydroxylation sites is 1. The van der Waals surface area contributed by atoms with Crippen LogP contribution in [0.4, 0.5) is 30.2 Å². The van der Waals surface area contributed by atoms with Crippen molar-refractivity contribution >= 4 is 63.3 Å². The van der Waals surface area contributed by atoms with E-state index in [1.807, 2.05) is 43.3 Å². The van der Waals surface area contributed by atoms with Crippen molar-refractivity contribution in [2.45, 2.75) is 6.18 Å². The minimum absolute atomic E-state index is 0.258. The van der Waals surface area contributed by atoms with E-state index in [4.69, 9.17) is 17.0 Å². The first-order chi connectivity index (χ1) is 18.0. The molecule has 11 heteroatoms. The lowest BCUT2D eigenvalue weighted by molar-refractivity contribution is -0.137. The summed E-state index contributed by atoms with van der Waals surface area (Å²) in [6, 6.07) is 18.8. The Kier molecular flexibility index (Phi) is 8.08. The average Bonchev–Trinajstić information content (AvgIpc) is 3.15. The molecule has 2 amide bonds. The Morgan fingerprint density at radius 3 is 2.47 bits per heavy atom. The predicted octanol–water partition coefficient (Wildman–Crippen LogP) is 6.19. The van der Waals surface area contributed by atoms with Gasteiger partial charge in [0.05, 0.1) is 21.8 Å². The molecule has 0 aliphatic carbocycles. The highest BCUT2D eigenvalue weighted by atomic mass is 32.2. The molecule has 0 radical (unpaired) electrons. The lowest BCUT2D eigenvalue weighted by Crippen LogP contribution is -2.27. The average molecular weight is 558 g/mol. The largest absolute Gasteiger partial charge is 0.484 e. The van der Waals surface area contributed by atoms with E-state index >= 15 is 0 Å². The van der Waals surface area contributed by atoms with Crippen LogP contribution in [0.15, 0.2) is 77.7 Å². The van der Waals surface area contributed by atoms with Gasteiger partial charge in [0.25, 0.3) is 11.8 Å². The van der Waals surface area contributed by atoms with Crippen LogP contribution in [-0.4, -0.2) is 36.8 Å². The van der Waals surface area contributed by atoms with E-state index in [1.54, 1.807) is 30.3 Å². The van der Waals surface area contributed by atoms with E-state index < -0.39 is 24.3 Å². The molecule has 0 spiro atoms. The Bertz CT molecular complexity index is 1410. The number of nitrogens with zero attached hydrogens (tertiary/aromatic N) is 2. The van der Waals surface area contributed by atoms with Crippen molar-refractivity contribution in [3.8, 4) is 5.75 Å². The Labute approximate surface area is 227 Å². The SMILES string of the molecule is CN(C)c1ccc(N2C(=O)/C(=C/c3cccc(OCC(=O)Nc4ccccc4C(F)(F)F)c3)SC2=S)cc1. The Morgan fingerprint density at radius 1 is 1.08 bits per heavy atom. The summed E-state index contributed by atoms with van der Waals surface area (Å²) in [6.45, 7) is -0.499. The topological polar surface area (TPSA) is 61.9 Å². The number of alkyl halides is 3. The third kappa shape index (κ3) is 6.35. The molecule has 4 rings (SSSR count). The van der Waals surface area contributed by atoms with Gasteiger partial charge in [0, 0.05) is 19.8 Å². The number of benzene rings is 3. The minimum Gasteiger partial charge on any atom is -0.484 e. The highest BCUT2D eigenvalue weighted by Crippen LogP contribution is 2.37. The second-order valence-corrected chi connectivity index (χ2v) is 10.1. The van der Waals surface area contributed by atoms with E-state index in [0.717, 1.165) is 11.8 Å². The van der Waals surface area contributed by atoms with Crippen molar-refractivity contribution in [1.82, 2.24) is 0 Å². The molecule has 38 heavy (non-hydrogen) atoms. The van der Waals surface area contributed by atoms with Gasteiger partial charge < -0.3 is 15.0 Å². The molecule has 0 aromatic heterocycles. The summed E-state index contributed by atoms with van der Waals surface area (Å²) in [6.07, 6.45) is -2.93. The Balaban J connectivity index is 1.42. The van der Waals surface area contributed by atoms with Crippen molar-refractivity contribution in [2.75, 3.05) is 35.8 Å². The zero-order valence-electron chi connectivity index (χ0n) is 20.3. The fraction of sp³-hybridized carbons (Fsp3) is 0.148. The normalized spacial score (nSPS) is 14.7. The molecule has 3 aromatic rings. The van der Waals surface area contributed by atoms with Crippen molar-refractivity contribution in [1.29, 1.82) is 0 Å². The quantitative estimate of drug-likeness (QED) is 0.276. The van der Waals surface area contributed by atoms with Gasteiger partial charge in [-0.25, -0.2) is 0 Å². The number of nitrogens with one attached hydrogen (secondary N) is 1. The van der Waals surface area contributed by atoms with E-state index in [-0.39, 0.29) is 11.6 Å². The smallest absolute Gasteiger partial charge is 0.418 e. The lowest BCUT2D eigenvalue weighted by atomic mass is 10.1. The number of thioether (sulfide) groups is 1. The number of hydrogen-bond donors (Lipinski definition) is 1. The van der Waals surface area contributed by atoms with Crippen molar-refractivity contribution < 1.29 is 27.5 Å². The molecule has 196 valence electrons. The summed E-state index contributed by atoms with van der Waals surface area (Å²) in [7, 11) is 3.85. The molecular formula is C27H22F3N3O3S2. The third-order valence-corrected chi connectivity index (χ3v) is 6.75. The number of rotatable bonds is 7. The number of hydrogen-bond acceptors (Lipinski definition) is 6. The highest BCUT2D eigenvalue weighted by molar-refractivity contribution is 8.27. The molecule has 1 aliphatic heterocycles. The van der Waals surface area contributed by atoms with Gasteiger partial charge in [0.2, 0.25) is 0 Å². The van der Waals surface area contributed by atoms with Crippen LogP contribution >= 0.6 is 24.0 Å². The van der Waals surface area contributed by atoms with Crippen molar-refractivity contribution in [3.63, 3.8) is 0 Å².